The SMILES string of the molecule is CNCC1C(=O)N(CC2CCCO2)CCCN1C. The average Bonchev–Trinajstić information content (AvgIpc) is 2.82. The van der Waals surface area contributed by atoms with E-state index in [0.717, 1.165) is 52.0 Å². The quantitative estimate of drug-likeness (QED) is 0.763. The van der Waals surface area contributed by atoms with E-state index in [4.69, 9.17) is 4.74 Å². The Morgan fingerprint density at radius 1 is 1.39 bits per heavy atom. The van der Waals surface area contributed by atoms with Crippen molar-refractivity contribution in [2.24, 2.45) is 0 Å². The monoisotopic (exact) mass is 255 g/mol. The normalized spacial score (nSPS) is 30.8. The Hall–Kier alpha value is -0.650. The number of nitrogens with zero attached hydrogens (tertiary/aromatic N) is 2. The number of rotatable bonds is 4. The number of amides is 1. The van der Waals surface area contributed by atoms with E-state index in [1.165, 1.54) is 0 Å². The summed E-state index contributed by atoms with van der Waals surface area (Å²) in [5.41, 5.74) is 0. The molecule has 0 aromatic heterocycles. The molecule has 104 valence electrons. The van der Waals surface area contributed by atoms with Gasteiger partial charge in [0, 0.05) is 32.8 Å². The second kappa shape index (κ2) is 6.50. The molecule has 0 spiro atoms. The molecule has 2 rings (SSSR count). The van der Waals surface area contributed by atoms with Crippen LogP contribution in [-0.2, 0) is 9.53 Å². The van der Waals surface area contributed by atoms with Gasteiger partial charge < -0.3 is 15.0 Å². The van der Waals surface area contributed by atoms with Gasteiger partial charge in [-0.05, 0) is 33.4 Å². The zero-order valence-electron chi connectivity index (χ0n) is 11.5. The molecule has 1 amide bonds. The highest BCUT2D eigenvalue weighted by Crippen LogP contribution is 2.16. The van der Waals surface area contributed by atoms with E-state index in [2.05, 4.69) is 10.2 Å². The molecule has 2 aliphatic rings. The zero-order chi connectivity index (χ0) is 13.0. The molecule has 2 unspecified atom stereocenters. The van der Waals surface area contributed by atoms with Crippen molar-refractivity contribution in [1.29, 1.82) is 0 Å². The van der Waals surface area contributed by atoms with Crippen LogP contribution in [0.4, 0.5) is 0 Å². The Morgan fingerprint density at radius 3 is 2.89 bits per heavy atom. The standard InChI is InChI=1S/C13H25N3O2/c1-14-9-12-13(17)16(7-4-6-15(12)2)10-11-5-3-8-18-11/h11-12,14H,3-10H2,1-2H3. The van der Waals surface area contributed by atoms with Gasteiger partial charge in [-0.25, -0.2) is 0 Å². The smallest absolute Gasteiger partial charge is 0.241 e. The van der Waals surface area contributed by atoms with Crippen LogP contribution in [0.1, 0.15) is 19.3 Å². The Kier molecular flexibility index (Phi) is 4.97. The van der Waals surface area contributed by atoms with Gasteiger partial charge in [-0.15, -0.1) is 0 Å². The van der Waals surface area contributed by atoms with Crippen molar-refractivity contribution < 1.29 is 9.53 Å². The highest BCUT2D eigenvalue weighted by molar-refractivity contribution is 5.82. The minimum atomic E-state index is -0.0288. The second-order valence-electron chi connectivity index (χ2n) is 5.33. The van der Waals surface area contributed by atoms with Crippen molar-refractivity contribution in [3.8, 4) is 0 Å². The van der Waals surface area contributed by atoms with Gasteiger partial charge in [0.1, 0.15) is 6.04 Å². The first-order valence-corrected chi connectivity index (χ1v) is 6.97. The Bertz CT molecular complexity index is 279. The number of hydrogen-bond acceptors (Lipinski definition) is 4. The summed E-state index contributed by atoms with van der Waals surface area (Å²) in [6.07, 6.45) is 3.53. The number of hydrogen-bond donors (Lipinski definition) is 1. The Labute approximate surface area is 109 Å². The van der Waals surface area contributed by atoms with E-state index >= 15 is 0 Å². The number of carbonyl (C=O) groups is 1. The molecule has 0 saturated carbocycles. The van der Waals surface area contributed by atoms with Crippen molar-refractivity contribution in [3.63, 3.8) is 0 Å². The van der Waals surface area contributed by atoms with Gasteiger partial charge in [0.25, 0.3) is 0 Å². The van der Waals surface area contributed by atoms with Crippen molar-refractivity contribution in [3.05, 3.63) is 0 Å². The van der Waals surface area contributed by atoms with E-state index in [1.54, 1.807) is 0 Å². The number of likely N-dealkylation sites (N-methyl/N-ethyl adjacent to an activating group) is 2. The predicted molar refractivity (Wildman–Crippen MR) is 70.5 cm³/mol. The predicted octanol–water partition coefficient (Wildman–Crippen LogP) is -0.0825. The van der Waals surface area contributed by atoms with Crippen molar-refractivity contribution >= 4 is 5.91 Å². The number of nitrogens with one attached hydrogen (secondary N) is 1. The van der Waals surface area contributed by atoms with Gasteiger partial charge >= 0.3 is 0 Å². The summed E-state index contributed by atoms with van der Waals surface area (Å²) in [6.45, 7) is 4.19. The third kappa shape index (κ3) is 3.22. The van der Waals surface area contributed by atoms with E-state index in [9.17, 15) is 4.79 Å². The van der Waals surface area contributed by atoms with Gasteiger partial charge in [-0.2, -0.15) is 0 Å². The van der Waals surface area contributed by atoms with Crippen LogP contribution in [0, 0.1) is 0 Å². The summed E-state index contributed by atoms with van der Waals surface area (Å²) in [4.78, 5) is 16.7. The summed E-state index contributed by atoms with van der Waals surface area (Å²) in [5, 5.41) is 3.12. The molecule has 2 aliphatic heterocycles. The van der Waals surface area contributed by atoms with Gasteiger partial charge in [0.05, 0.1) is 6.10 Å². The molecule has 5 heteroatoms. The largest absolute Gasteiger partial charge is 0.376 e. The second-order valence-corrected chi connectivity index (χ2v) is 5.33. The van der Waals surface area contributed by atoms with E-state index < -0.39 is 0 Å². The first-order chi connectivity index (χ1) is 8.72. The minimum absolute atomic E-state index is 0.0288. The maximum Gasteiger partial charge on any atom is 0.241 e. The van der Waals surface area contributed by atoms with Crippen LogP contribution in [0.15, 0.2) is 0 Å². The molecule has 18 heavy (non-hydrogen) atoms. The third-order valence-electron chi connectivity index (χ3n) is 3.91. The summed E-state index contributed by atoms with van der Waals surface area (Å²) in [5.74, 6) is 0.250. The lowest BCUT2D eigenvalue weighted by Crippen LogP contribution is -2.50. The maximum atomic E-state index is 12.5. The summed E-state index contributed by atoms with van der Waals surface area (Å²) < 4.78 is 5.64. The summed E-state index contributed by atoms with van der Waals surface area (Å²) >= 11 is 0. The molecule has 5 nitrogen and oxygen atoms in total. The van der Waals surface area contributed by atoms with Crippen LogP contribution in [0.3, 0.4) is 0 Å². The van der Waals surface area contributed by atoms with Gasteiger partial charge in [-0.3, -0.25) is 9.69 Å². The lowest BCUT2D eigenvalue weighted by atomic mass is 10.2. The molecule has 0 bridgehead atoms. The fourth-order valence-electron chi connectivity index (χ4n) is 2.83. The number of carbonyl (C=O) groups excluding carboxylic acids is 1. The Balaban J connectivity index is 1.97. The average molecular weight is 255 g/mol. The molecule has 2 heterocycles. The molecular formula is C13H25N3O2. The minimum Gasteiger partial charge on any atom is -0.376 e. The first-order valence-electron chi connectivity index (χ1n) is 6.97. The molecule has 0 aromatic carbocycles. The van der Waals surface area contributed by atoms with Crippen LogP contribution < -0.4 is 5.32 Å². The summed E-state index contributed by atoms with van der Waals surface area (Å²) in [7, 11) is 3.94. The van der Waals surface area contributed by atoms with Gasteiger partial charge in [0.15, 0.2) is 0 Å². The fourth-order valence-corrected chi connectivity index (χ4v) is 2.83. The molecule has 1 N–H and O–H groups in total. The highest BCUT2D eigenvalue weighted by Gasteiger charge is 2.31. The van der Waals surface area contributed by atoms with E-state index in [0.29, 0.717) is 0 Å². The molecule has 0 aliphatic carbocycles. The van der Waals surface area contributed by atoms with Crippen LogP contribution in [0.25, 0.3) is 0 Å². The van der Waals surface area contributed by atoms with Crippen molar-refractivity contribution in [2.45, 2.75) is 31.4 Å². The Morgan fingerprint density at radius 2 is 2.22 bits per heavy atom. The zero-order valence-corrected chi connectivity index (χ0v) is 11.5. The van der Waals surface area contributed by atoms with Crippen molar-refractivity contribution in [1.82, 2.24) is 15.1 Å². The third-order valence-corrected chi connectivity index (χ3v) is 3.91. The molecular weight excluding hydrogens is 230 g/mol. The molecule has 0 aromatic rings. The molecule has 2 atom stereocenters. The van der Waals surface area contributed by atoms with Crippen LogP contribution in [0.5, 0.6) is 0 Å². The molecule has 2 fully saturated rings. The van der Waals surface area contributed by atoms with E-state index in [-0.39, 0.29) is 18.1 Å². The van der Waals surface area contributed by atoms with E-state index in [1.807, 2.05) is 19.0 Å². The van der Waals surface area contributed by atoms with Gasteiger partial charge in [0.2, 0.25) is 5.91 Å². The van der Waals surface area contributed by atoms with Crippen LogP contribution in [-0.4, -0.2) is 74.7 Å². The number of ether oxygens (including phenoxy) is 1. The first kappa shape index (κ1) is 13.8. The molecule has 2 saturated heterocycles. The molecule has 0 radical (unpaired) electrons. The maximum absolute atomic E-state index is 12.5. The lowest BCUT2D eigenvalue weighted by Gasteiger charge is -2.29. The lowest BCUT2D eigenvalue weighted by molar-refractivity contribution is -0.136. The van der Waals surface area contributed by atoms with Crippen molar-refractivity contribution in [2.75, 3.05) is 46.9 Å². The van der Waals surface area contributed by atoms with Gasteiger partial charge in [-0.1, -0.05) is 0 Å². The van der Waals surface area contributed by atoms with Crippen LogP contribution >= 0.6 is 0 Å². The summed E-state index contributed by atoms with van der Waals surface area (Å²) in [6, 6.07) is -0.0288. The van der Waals surface area contributed by atoms with Crippen LogP contribution in [0.2, 0.25) is 0 Å². The highest BCUT2D eigenvalue weighted by atomic mass is 16.5. The topological polar surface area (TPSA) is 44.8 Å². The fraction of sp³-hybridized carbons (Fsp3) is 0.923.